The fourth-order valence-electron chi connectivity index (χ4n) is 1.65. The monoisotopic (exact) mass is 284 g/mol. The summed E-state index contributed by atoms with van der Waals surface area (Å²) in [6, 6.07) is 5.82. The molecule has 0 unspecified atom stereocenters. The maximum Gasteiger partial charge on any atom is 0.278 e. The van der Waals surface area contributed by atoms with Gasteiger partial charge in [0.1, 0.15) is 12.1 Å². The fraction of sp³-hybridized carbons (Fsp3) is 0.273. The van der Waals surface area contributed by atoms with Gasteiger partial charge in [-0.1, -0.05) is 19.1 Å². The lowest BCUT2D eigenvalue weighted by molar-refractivity contribution is 0.418. The highest BCUT2D eigenvalue weighted by atomic mass is 32.2. The number of hydrogen-bond donors (Lipinski definition) is 1. The van der Waals surface area contributed by atoms with Gasteiger partial charge in [0.05, 0.1) is 0 Å². The zero-order valence-corrected chi connectivity index (χ0v) is 11.1. The maximum absolute atomic E-state index is 13.1. The Morgan fingerprint density at radius 2 is 2.21 bits per heavy atom. The molecule has 1 heterocycles. The van der Waals surface area contributed by atoms with Gasteiger partial charge >= 0.3 is 0 Å². The molecule has 0 bridgehead atoms. The second-order valence-corrected chi connectivity index (χ2v) is 5.70. The summed E-state index contributed by atoms with van der Waals surface area (Å²) in [5.74, 6) is -0.398. The molecule has 1 N–H and O–H groups in total. The van der Waals surface area contributed by atoms with Crippen LogP contribution < -0.4 is 0 Å². The van der Waals surface area contributed by atoms with E-state index in [1.807, 2.05) is 0 Å². The number of nitrogens with zero attached hydrogens (tertiary/aromatic N) is 3. The number of aromatic nitrogens is 3. The van der Waals surface area contributed by atoms with Gasteiger partial charge in [0, 0.05) is 13.1 Å². The summed E-state index contributed by atoms with van der Waals surface area (Å²) in [5.41, 5.74) is 0.574. The molecule has 0 saturated carbocycles. The van der Waals surface area contributed by atoms with E-state index in [-0.39, 0.29) is 18.2 Å². The van der Waals surface area contributed by atoms with E-state index in [0.717, 1.165) is 6.33 Å². The minimum Gasteiger partial charge on any atom is -0.249 e. The second kappa shape index (κ2) is 5.45. The van der Waals surface area contributed by atoms with Gasteiger partial charge in [0.2, 0.25) is 0 Å². The quantitative estimate of drug-likeness (QED) is 0.893. The first-order valence-electron chi connectivity index (χ1n) is 5.64. The van der Waals surface area contributed by atoms with E-state index in [2.05, 4.69) is 15.2 Å². The molecule has 0 radical (unpaired) electrons. The minimum absolute atomic E-state index is 0.0806. The number of aromatic amines is 1. The summed E-state index contributed by atoms with van der Waals surface area (Å²) < 4.78 is 38.7. The van der Waals surface area contributed by atoms with Crippen LogP contribution in [0.15, 0.2) is 35.7 Å². The average Bonchev–Trinajstić information content (AvgIpc) is 2.90. The predicted octanol–water partition coefficient (Wildman–Crippen LogP) is 1.15. The predicted molar refractivity (Wildman–Crippen MR) is 66.1 cm³/mol. The van der Waals surface area contributed by atoms with Crippen LogP contribution in [-0.2, 0) is 16.6 Å². The fourth-order valence-corrected chi connectivity index (χ4v) is 2.90. The molecule has 8 heteroatoms. The van der Waals surface area contributed by atoms with Gasteiger partial charge in [-0.3, -0.25) is 0 Å². The van der Waals surface area contributed by atoms with Crippen LogP contribution in [-0.4, -0.2) is 34.4 Å². The van der Waals surface area contributed by atoms with Crippen molar-refractivity contribution in [2.45, 2.75) is 18.6 Å². The lowest BCUT2D eigenvalue weighted by atomic mass is 10.2. The highest BCUT2D eigenvalue weighted by molar-refractivity contribution is 7.88. The molecule has 0 aliphatic rings. The lowest BCUT2D eigenvalue weighted by Crippen LogP contribution is -2.31. The third-order valence-electron chi connectivity index (χ3n) is 2.58. The molecule has 0 saturated heterocycles. The van der Waals surface area contributed by atoms with Gasteiger partial charge in [-0.15, -0.1) is 0 Å². The third kappa shape index (κ3) is 2.96. The van der Waals surface area contributed by atoms with Crippen LogP contribution in [0.3, 0.4) is 0 Å². The van der Waals surface area contributed by atoms with Gasteiger partial charge in [-0.2, -0.15) is 9.40 Å². The molecule has 0 aliphatic heterocycles. The summed E-state index contributed by atoms with van der Waals surface area (Å²) in [4.78, 5) is 3.65. The highest BCUT2D eigenvalue weighted by Gasteiger charge is 2.26. The van der Waals surface area contributed by atoms with Crippen molar-refractivity contribution in [3.8, 4) is 0 Å². The minimum atomic E-state index is -3.74. The van der Waals surface area contributed by atoms with Crippen molar-refractivity contribution in [2.24, 2.45) is 0 Å². The Balaban J connectivity index is 2.26. The smallest absolute Gasteiger partial charge is 0.249 e. The van der Waals surface area contributed by atoms with Crippen molar-refractivity contribution in [1.82, 2.24) is 19.5 Å². The number of nitrogens with one attached hydrogen (secondary N) is 1. The van der Waals surface area contributed by atoms with E-state index in [9.17, 15) is 12.8 Å². The Bertz CT molecular complexity index is 642. The van der Waals surface area contributed by atoms with E-state index >= 15 is 0 Å². The molecular formula is C11H13FN4O2S. The van der Waals surface area contributed by atoms with Crippen LogP contribution in [0.25, 0.3) is 0 Å². The van der Waals surface area contributed by atoms with Crippen LogP contribution in [0.5, 0.6) is 0 Å². The number of sulfonamides is 1. The van der Waals surface area contributed by atoms with E-state index < -0.39 is 15.8 Å². The Kier molecular flexibility index (Phi) is 3.91. The van der Waals surface area contributed by atoms with E-state index in [4.69, 9.17) is 0 Å². The zero-order chi connectivity index (χ0) is 13.9. The number of H-pyrrole nitrogens is 1. The van der Waals surface area contributed by atoms with Crippen LogP contribution in [0.1, 0.15) is 12.5 Å². The first-order valence-corrected chi connectivity index (χ1v) is 7.08. The third-order valence-corrected chi connectivity index (χ3v) is 4.33. The average molecular weight is 284 g/mol. The van der Waals surface area contributed by atoms with Crippen LogP contribution >= 0.6 is 0 Å². The second-order valence-electron chi connectivity index (χ2n) is 3.85. The van der Waals surface area contributed by atoms with E-state index in [0.29, 0.717) is 5.56 Å². The van der Waals surface area contributed by atoms with Crippen molar-refractivity contribution in [3.05, 3.63) is 42.0 Å². The van der Waals surface area contributed by atoms with Gasteiger partial charge in [-0.05, 0) is 17.7 Å². The zero-order valence-electron chi connectivity index (χ0n) is 10.2. The number of hydrogen-bond acceptors (Lipinski definition) is 4. The standard InChI is InChI=1S/C11H13FN4O2S/c1-2-16(7-9-4-3-5-10(12)6-9)19(17,18)11-13-8-14-15-11/h3-6,8H,2,7H2,1H3,(H,13,14,15). The summed E-state index contributed by atoms with van der Waals surface area (Å²) >= 11 is 0. The number of halogens is 1. The van der Waals surface area contributed by atoms with Crippen molar-refractivity contribution < 1.29 is 12.8 Å². The molecule has 0 aliphatic carbocycles. The van der Waals surface area contributed by atoms with Crippen LogP contribution in [0.4, 0.5) is 4.39 Å². The Morgan fingerprint density at radius 3 is 2.79 bits per heavy atom. The summed E-state index contributed by atoms with van der Waals surface area (Å²) in [5, 5.41) is 5.63. The summed E-state index contributed by atoms with van der Waals surface area (Å²) in [6.45, 7) is 2.03. The lowest BCUT2D eigenvalue weighted by Gasteiger charge is -2.18. The van der Waals surface area contributed by atoms with Crippen molar-refractivity contribution in [3.63, 3.8) is 0 Å². The molecule has 102 valence electrons. The molecule has 0 amide bonds. The highest BCUT2D eigenvalue weighted by Crippen LogP contribution is 2.14. The van der Waals surface area contributed by atoms with Gasteiger partial charge in [0.15, 0.2) is 0 Å². The number of benzene rings is 1. The topological polar surface area (TPSA) is 79.0 Å². The first-order chi connectivity index (χ1) is 9.04. The molecule has 2 aromatic rings. The molecule has 0 spiro atoms. The van der Waals surface area contributed by atoms with Crippen LogP contribution in [0, 0.1) is 5.82 Å². The summed E-state index contributed by atoms with van der Waals surface area (Å²) in [7, 11) is -3.74. The maximum atomic E-state index is 13.1. The SMILES string of the molecule is CCN(Cc1cccc(F)c1)S(=O)(=O)c1ncn[nH]1. The normalized spacial score (nSPS) is 11.9. The Morgan fingerprint density at radius 1 is 1.42 bits per heavy atom. The van der Waals surface area contributed by atoms with Gasteiger partial charge < -0.3 is 0 Å². The molecule has 19 heavy (non-hydrogen) atoms. The van der Waals surface area contributed by atoms with Crippen molar-refractivity contribution in [1.29, 1.82) is 0 Å². The molecule has 0 fully saturated rings. The van der Waals surface area contributed by atoms with Crippen LogP contribution in [0.2, 0.25) is 0 Å². The number of rotatable bonds is 5. The first kappa shape index (κ1) is 13.6. The van der Waals surface area contributed by atoms with Crippen molar-refractivity contribution in [2.75, 3.05) is 6.54 Å². The van der Waals surface area contributed by atoms with Gasteiger partial charge in [-0.25, -0.2) is 22.9 Å². The largest absolute Gasteiger partial charge is 0.278 e. The van der Waals surface area contributed by atoms with E-state index in [1.54, 1.807) is 19.1 Å². The molecular weight excluding hydrogens is 271 g/mol. The van der Waals surface area contributed by atoms with E-state index in [1.165, 1.54) is 16.4 Å². The molecule has 0 atom stereocenters. The Hall–Kier alpha value is -1.80. The summed E-state index contributed by atoms with van der Waals surface area (Å²) in [6.07, 6.45) is 1.13. The van der Waals surface area contributed by atoms with Gasteiger partial charge in [0.25, 0.3) is 15.2 Å². The van der Waals surface area contributed by atoms with Crippen molar-refractivity contribution >= 4 is 10.0 Å². The molecule has 6 nitrogen and oxygen atoms in total. The molecule has 1 aromatic carbocycles. The Labute approximate surface area is 110 Å². The molecule has 2 rings (SSSR count). The molecule has 1 aromatic heterocycles.